The number of methoxy groups -OCH3 is 1. The summed E-state index contributed by atoms with van der Waals surface area (Å²) in [5, 5.41) is 4.01. The number of likely N-dealkylation sites (N-methyl/N-ethyl adjacent to an activating group) is 1. The number of rotatable bonds is 4. The molecular weight excluding hydrogens is 262 g/mol. The molecule has 1 aliphatic rings. The monoisotopic (exact) mass is 283 g/mol. The van der Waals surface area contributed by atoms with Gasteiger partial charge in [-0.2, -0.15) is 0 Å². The number of hydrogen-bond acceptors (Lipinski definition) is 3. The molecule has 1 fully saturated rings. The van der Waals surface area contributed by atoms with Gasteiger partial charge in [-0.3, -0.25) is 0 Å². The van der Waals surface area contributed by atoms with Gasteiger partial charge in [-0.1, -0.05) is 17.7 Å². The highest BCUT2D eigenvalue weighted by molar-refractivity contribution is 6.32. The molecule has 0 saturated carbocycles. The van der Waals surface area contributed by atoms with Crippen LogP contribution in [0.5, 0.6) is 5.75 Å². The van der Waals surface area contributed by atoms with Crippen LogP contribution in [-0.4, -0.2) is 26.4 Å². The number of benzene rings is 1. The second-order valence-electron chi connectivity index (χ2n) is 5.23. The van der Waals surface area contributed by atoms with Crippen LogP contribution in [0.3, 0.4) is 0 Å². The molecule has 0 bridgehead atoms. The minimum Gasteiger partial charge on any atom is -0.495 e. The Morgan fingerprint density at radius 3 is 2.79 bits per heavy atom. The molecule has 0 amide bonds. The highest BCUT2D eigenvalue weighted by Gasteiger charge is 2.37. The van der Waals surface area contributed by atoms with Crippen molar-refractivity contribution < 1.29 is 9.47 Å². The summed E-state index contributed by atoms with van der Waals surface area (Å²) in [5.74, 6) is 0.707. The van der Waals surface area contributed by atoms with E-state index in [0.29, 0.717) is 10.8 Å². The quantitative estimate of drug-likeness (QED) is 0.916. The molecule has 3 nitrogen and oxygen atoms in total. The van der Waals surface area contributed by atoms with Crippen LogP contribution in [0, 0.1) is 0 Å². The van der Waals surface area contributed by atoms with Crippen molar-refractivity contribution in [1.82, 2.24) is 5.32 Å². The highest BCUT2D eigenvalue weighted by Crippen LogP contribution is 2.38. The van der Waals surface area contributed by atoms with Crippen molar-refractivity contribution in [1.29, 1.82) is 0 Å². The van der Waals surface area contributed by atoms with Crippen LogP contribution in [0.25, 0.3) is 0 Å². The summed E-state index contributed by atoms with van der Waals surface area (Å²) in [6, 6.07) is 6.05. The van der Waals surface area contributed by atoms with Crippen LogP contribution in [0.1, 0.15) is 37.8 Å². The number of nitrogens with one attached hydrogen (secondary N) is 1. The Bertz CT molecular complexity index is 430. The summed E-state index contributed by atoms with van der Waals surface area (Å²) >= 11 is 6.09. The van der Waals surface area contributed by atoms with Crippen LogP contribution in [0.4, 0.5) is 0 Å². The van der Waals surface area contributed by atoms with Gasteiger partial charge in [0.05, 0.1) is 23.8 Å². The molecule has 0 aromatic heterocycles. The van der Waals surface area contributed by atoms with Crippen LogP contribution in [0.15, 0.2) is 18.2 Å². The number of halogens is 1. The SMILES string of the molecule is CNC(c1ccc(Cl)c(OC)c1)C1(C)CCCCO1. The third-order valence-electron chi connectivity index (χ3n) is 3.91. The summed E-state index contributed by atoms with van der Waals surface area (Å²) in [7, 11) is 3.60. The van der Waals surface area contributed by atoms with E-state index in [1.165, 1.54) is 6.42 Å². The van der Waals surface area contributed by atoms with E-state index in [1.54, 1.807) is 7.11 Å². The normalized spacial score (nSPS) is 25.1. The van der Waals surface area contributed by atoms with Gasteiger partial charge in [-0.15, -0.1) is 0 Å². The van der Waals surface area contributed by atoms with Crippen LogP contribution >= 0.6 is 11.6 Å². The van der Waals surface area contributed by atoms with Crippen LogP contribution in [-0.2, 0) is 4.74 Å². The Kier molecular flexibility index (Phi) is 4.71. The zero-order valence-electron chi connectivity index (χ0n) is 11.8. The molecule has 2 unspecified atom stereocenters. The van der Waals surface area contributed by atoms with Gasteiger partial charge < -0.3 is 14.8 Å². The molecule has 0 spiro atoms. The topological polar surface area (TPSA) is 30.5 Å². The molecule has 1 aliphatic heterocycles. The Balaban J connectivity index is 2.30. The first-order chi connectivity index (χ1) is 9.10. The fraction of sp³-hybridized carbons (Fsp3) is 0.600. The van der Waals surface area contributed by atoms with E-state index in [-0.39, 0.29) is 11.6 Å². The van der Waals surface area contributed by atoms with Crippen molar-refractivity contribution in [3.05, 3.63) is 28.8 Å². The lowest BCUT2D eigenvalue weighted by molar-refractivity contribution is -0.0884. The summed E-state index contributed by atoms with van der Waals surface area (Å²) in [4.78, 5) is 0. The number of ether oxygens (including phenoxy) is 2. The first-order valence-electron chi connectivity index (χ1n) is 6.75. The molecule has 19 heavy (non-hydrogen) atoms. The molecule has 0 aliphatic carbocycles. The van der Waals surface area contributed by atoms with Gasteiger partial charge >= 0.3 is 0 Å². The van der Waals surface area contributed by atoms with Gasteiger partial charge in [0.25, 0.3) is 0 Å². The molecule has 0 radical (unpaired) electrons. The maximum absolute atomic E-state index is 6.09. The third-order valence-corrected chi connectivity index (χ3v) is 4.22. The average molecular weight is 284 g/mol. The molecule has 1 saturated heterocycles. The van der Waals surface area contributed by atoms with Gasteiger partial charge in [0, 0.05) is 6.61 Å². The second kappa shape index (κ2) is 6.12. The van der Waals surface area contributed by atoms with Gasteiger partial charge in [-0.05, 0) is 50.9 Å². The zero-order chi connectivity index (χ0) is 13.9. The third kappa shape index (κ3) is 3.04. The summed E-state index contributed by atoms with van der Waals surface area (Å²) < 4.78 is 11.3. The van der Waals surface area contributed by atoms with Crippen molar-refractivity contribution in [2.45, 2.75) is 37.8 Å². The van der Waals surface area contributed by atoms with Crippen LogP contribution < -0.4 is 10.1 Å². The Morgan fingerprint density at radius 2 is 2.21 bits per heavy atom. The minimum absolute atomic E-state index is 0.138. The fourth-order valence-electron chi connectivity index (χ4n) is 2.86. The molecule has 1 aromatic carbocycles. The molecule has 1 heterocycles. The van der Waals surface area contributed by atoms with E-state index in [1.807, 2.05) is 25.2 Å². The van der Waals surface area contributed by atoms with Crippen molar-refractivity contribution in [2.75, 3.05) is 20.8 Å². The first-order valence-corrected chi connectivity index (χ1v) is 7.13. The maximum Gasteiger partial charge on any atom is 0.137 e. The van der Waals surface area contributed by atoms with E-state index in [0.717, 1.165) is 25.0 Å². The lowest BCUT2D eigenvalue weighted by Crippen LogP contribution is -2.44. The lowest BCUT2D eigenvalue weighted by atomic mass is 9.84. The van der Waals surface area contributed by atoms with E-state index >= 15 is 0 Å². The summed E-state index contributed by atoms with van der Waals surface area (Å²) in [6.45, 7) is 3.01. The Labute approximate surface area is 120 Å². The number of hydrogen-bond donors (Lipinski definition) is 1. The molecular formula is C15H22ClNO2. The van der Waals surface area contributed by atoms with Gasteiger partial charge in [0.15, 0.2) is 0 Å². The Hall–Kier alpha value is -0.770. The van der Waals surface area contributed by atoms with Crippen LogP contribution in [0.2, 0.25) is 5.02 Å². The summed E-state index contributed by atoms with van der Waals surface area (Å²) in [6.07, 6.45) is 3.42. The first kappa shape index (κ1) is 14.6. The van der Waals surface area contributed by atoms with Gasteiger partial charge in [-0.25, -0.2) is 0 Å². The smallest absolute Gasteiger partial charge is 0.137 e. The van der Waals surface area contributed by atoms with Crippen molar-refractivity contribution >= 4 is 11.6 Å². The van der Waals surface area contributed by atoms with E-state index in [4.69, 9.17) is 21.1 Å². The van der Waals surface area contributed by atoms with Crippen molar-refractivity contribution in [3.63, 3.8) is 0 Å². The average Bonchev–Trinajstić information content (AvgIpc) is 2.42. The Morgan fingerprint density at radius 1 is 1.42 bits per heavy atom. The van der Waals surface area contributed by atoms with Gasteiger partial charge in [0.2, 0.25) is 0 Å². The van der Waals surface area contributed by atoms with E-state index in [2.05, 4.69) is 12.2 Å². The van der Waals surface area contributed by atoms with Gasteiger partial charge in [0.1, 0.15) is 5.75 Å². The predicted molar refractivity (Wildman–Crippen MR) is 78.0 cm³/mol. The molecule has 2 rings (SSSR count). The molecule has 4 heteroatoms. The fourth-order valence-corrected chi connectivity index (χ4v) is 3.06. The zero-order valence-corrected chi connectivity index (χ0v) is 12.6. The largest absolute Gasteiger partial charge is 0.495 e. The van der Waals surface area contributed by atoms with Crippen molar-refractivity contribution in [2.24, 2.45) is 0 Å². The standard InChI is InChI=1S/C15H22ClNO2/c1-15(8-4-5-9-19-15)14(17-2)11-6-7-12(16)13(10-11)18-3/h6-7,10,14,17H,4-5,8-9H2,1-3H3. The predicted octanol–water partition coefficient (Wildman–Crippen LogP) is 3.57. The molecule has 106 valence electrons. The molecule has 2 atom stereocenters. The van der Waals surface area contributed by atoms with Crippen molar-refractivity contribution in [3.8, 4) is 5.75 Å². The summed E-state index contributed by atoms with van der Waals surface area (Å²) in [5.41, 5.74) is 0.972. The maximum atomic E-state index is 6.09. The molecule has 1 aromatic rings. The minimum atomic E-state index is -0.175. The molecule has 1 N–H and O–H groups in total. The van der Waals surface area contributed by atoms with E-state index < -0.39 is 0 Å². The lowest BCUT2D eigenvalue weighted by Gasteiger charge is -2.40. The highest BCUT2D eigenvalue weighted by atomic mass is 35.5. The van der Waals surface area contributed by atoms with E-state index in [9.17, 15) is 0 Å². The second-order valence-corrected chi connectivity index (χ2v) is 5.64.